The quantitative estimate of drug-likeness (QED) is 0.193. The van der Waals surface area contributed by atoms with Crippen LogP contribution in [0.1, 0.15) is 16.7 Å². The highest BCUT2D eigenvalue weighted by molar-refractivity contribution is 6.39. The topological polar surface area (TPSA) is 89.0 Å². The maximum atomic E-state index is 13.2. The normalized spacial score (nSPS) is 11.3. The number of ether oxygens (including phenoxy) is 2. The van der Waals surface area contributed by atoms with Gasteiger partial charge in [0.1, 0.15) is 12.4 Å². The standard InChI is InChI=1S/C24H18ClF4N3O4/c1-35-21-9-14(5-8-20(21)36-13-15-6-7-17(26)11-19(15)25)12-30-32-23(34)22(33)31-18-4-2-3-16(10-18)24(27,28)29/h2-12H,13H2,1H3,(H,31,33)(H,32,34)/b30-12+. The van der Waals surface area contributed by atoms with E-state index in [4.69, 9.17) is 21.1 Å². The zero-order chi connectivity index (χ0) is 26.3. The van der Waals surface area contributed by atoms with Gasteiger partial charge in [-0.1, -0.05) is 23.7 Å². The van der Waals surface area contributed by atoms with Gasteiger partial charge in [0.25, 0.3) is 0 Å². The summed E-state index contributed by atoms with van der Waals surface area (Å²) in [4.78, 5) is 23.9. The van der Waals surface area contributed by atoms with Gasteiger partial charge in [-0.25, -0.2) is 9.82 Å². The van der Waals surface area contributed by atoms with Crippen LogP contribution >= 0.6 is 11.6 Å². The molecule has 3 rings (SSSR count). The third-order valence-corrected chi connectivity index (χ3v) is 4.97. The van der Waals surface area contributed by atoms with E-state index in [2.05, 4.69) is 10.4 Å². The van der Waals surface area contributed by atoms with Crippen LogP contribution in [0, 0.1) is 5.82 Å². The molecule has 0 bridgehead atoms. The zero-order valence-corrected chi connectivity index (χ0v) is 19.3. The number of halogens is 5. The van der Waals surface area contributed by atoms with Crippen molar-refractivity contribution in [1.82, 2.24) is 5.43 Å². The van der Waals surface area contributed by atoms with Crippen LogP contribution in [0.3, 0.4) is 0 Å². The second-order valence-corrected chi connectivity index (χ2v) is 7.57. The second kappa shape index (κ2) is 11.5. The number of rotatable bonds is 7. The molecule has 0 atom stereocenters. The summed E-state index contributed by atoms with van der Waals surface area (Å²) in [5.74, 6) is -2.17. The van der Waals surface area contributed by atoms with E-state index in [9.17, 15) is 27.2 Å². The number of nitrogens with one attached hydrogen (secondary N) is 2. The molecule has 0 radical (unpaired) electrons. The lowest BCUT2D eigenvalue weighted by molar-refractivity contribution is -0.137. The number of alkyl halides is 3. The average molecular weight is 524 g/mol. The molecule has 12 heteroatoms. The molecule has 0 fully saturated rings. The lowest BCUT2D eigenvalue weighted by atomic mass is 10.2. The number of hydrogen-bond acceptors (Lipinski definition) is 5. The fourth-order valence-electron chi connectivity index (χ4n) is 2.86. The van der Waals surface area contributed by atoms with Gasteiger partial charge in [-0.2, -0.15) is 18.3 Å². The molecule has 0 aliphatic carbocycles. The summed E-state index contributed by atoms with van der Waals surface area (Å²) in [6.45, 7) is 0.0555. The summed E-state index contributed by atoms with van der Waals surface area (Å²) in [6.07, 6.45) is -3.37. The van der Waals surface area contributed by atoms with E-state index in [0.717, 1.165) is 12.1 Å². The van der Waals surface area contributed by atoms with E-state index in [-0.39, 0.29) is 17.3 Å². The van der Waals surface area contributed by atoms with Gasteiger partial charge < -0.3 is 14.8 Å². The molecule has 0 heterocycles. The predicted molar refractivity (Wildman–Crippen MR) is 125 cm³/mol. The van der Waals surface area contributed by atoms with Crippen LogP contribution < -0.4 is 20.2 Å². The molecular weight excluding hydrogens is 506 g/mol. The third kappa shape index (κ3) is 7.19. The number of hydrazone groups is 1. The van der Waals surface area contributed by atoms with Crippen LogP contribution in [0.25, 0.3) is 0 Å². The lowest BCUT2D eigenvalue weighted by Gasteiger charge is -2.12. The van der Waals surface area contributed by atoms with Gasteiger partial charge in [0.2, 0.25) is 0 Å². The van der Waals surface area contributed by atoms with Crippen molar-refractivity contribution < 1.29 is 36.6 Å². The number of anilines is 1. The van der Waals surface area contributed by atoms with Crippen molar-refractivity contribution in [3.05, 3.63) is 88.2 Å². The number of nitrogens with zero attached hydrogens (tertiary/aromatic N) is 1. The first-order valence-electron chi connectivity index (χ1n) is 10.1. The number of hydrogen-bond donors (Lipinski definition) is 2. The van der Waals surface area contributed by atoms with Gasteiger partial charge in [-0.15, -0.1) is 0 Å². The highest BCUT2D eigenvalue weighted by atomic mass is 35.5. The van der Waals surface area contributed by atoms with Crippen molar-refractivity contribution >= 4 is 35.3 Å². The summed E-state index contributed by atoms with van der Waals surface area (Å²) in [7, 11) is 1.41. The largest absolute Gasteiger partial charge is 0.493 e. The van der Waals surface area contributed by atoms with Crippen molar-refractivity contribution in [3.63, 3.8) is 0 Å². The van der Waals surface area contributed by atoms with Gasteiger partial charge in [0.15, 0.2) is 11.5 Å². The molecule has 3 aromatic carbocycles. The first-order chi connectivity index (χ1) is 17.1. The Balaban J connectivity index is 1.58. The Morgan fingerprint density at radius 2 is 1.81 bits per heavy atom. The maximum absolute atomic E-state index is 13.2. The molecule has 36 heavy (non-hydrogen) atoms. The molecule has 2 amide bonds. The molecular formula is C24H18ClF4N3O4. The number of amides is 2. The molecule has 0 aliphatic heterocycles. The predicted octanol–water partition coefficient (Wildman–Crippen LogP) is 5.17. The molecule has 7 nitrogen and oxygen atoms in total. The van der Waals surface area contributed by atoms with Crippen LogP contribution in [-0.4, -0.2) is 25.1 Å². The van der Waals surface area contributed by atoms with Crippen LogP contribution in [0.5, 0.6) is 11.5 Å². The fourth-order valence-corrected chi connectivity index (χ4v) is 3.08. The molecule has 0 aromatic heterocycles. The summed E-state index contributed by atoms with van der Waals surface area (Å²) >= 11 is 5.99. The molecule has 188 valence electrons. The van der Waals surface area contributed by atoms with E-state index in [1.807, 2.05) is 5.43 Å². The van der Waals surface area contributed by atoms with Crippen LogP contribution in [0.4, 0.5) is 23.2 Å². The Labute approximate surface area is 207 Å². The summed E-state index contributed by atoms with van der Waals surface area (Å²) in [5, 5.41) is 5.95. The van der Waals surface area contributed by atoms with Crippen LogP contribution in [0.2, 0.25) is 5.02 Å². The molecule has 0 aliphatic rings. The Kier molecular flexibility index (Phi) is 8.49. The monoisotopic (exact) mass is 523 g/mol. The second-order valence-electron chi connectivity index (χ2n) is 7.17. The first-order valence-corrected chi connectivity index (χ1v) is 10.5. The Morgan fingerprint density at radius 1 is 1.03 bits per heavy atom. The summed E-state index contributed by atoms with van der Waals surface area (Å²) in [5.41, 5.74) is 1.85. The SMILES string of the molecule is COc1cc(/C=N/NC(=O)C(=O)Nc2cccc(C(F)(F)F)c2)ccc1OCc1ccc(F)cc1Cl. The molecule has 0 spiro atoms. The minimum absolute atomic E-state index is 0.0555. The van der Waals surface area contributed by atoms with Gasteiger partial charge >= 0.3 is 18.0 Å². The van der Waals surface area contributed by atoms with Crippen molar-refractivity contribution in [2.24, 2.45) is 5.10 Å². The van der Waals surface area contributed by atoms with E-state index >= 15 is 0 Å². The third-order valence-electron chi connectivity index (χ3n) is 4.62. The molecule has 0 saturated heterocycles. The summed E-state index contributed by atoms with van der Waals surface area (Å²) in [6, 6.07) is 12.5. The molecule has 2 N–H and O–H groups in total. The average Bonchev–Trinajstić information content (AvgIpc) is 2.83. The van der Waals surface area contributed by atoms with Gasteiger partial charge in [0, 0.05) is 11.3 Å². The number of benzene rings is 3. The minimum Gasteiger partial charge on any atom is -0.493 e. The molecule has 0 saturated carbocycles. The van der Waals surface area contributed by atoms with Crippen molar-refractivity contribution in [3.8, 4) is 11.5 Å². The minimum atomic E-state index is -4.59. The smallest absolute Gasteiger partial charge is 0.416 e. The van der Waals surface area contributed by atoms with E-state index in [1.165, 1.54) is 37.6 Å². The van der Waals surface area contributed by atoms with E-state index in [1.54, 1.807) is 18.2 Å². The van der Waals surface area contributed by atoms with E-state index in [0.29, 0.717) is 28.7 Å². The Hall–Kier alpha value is -4.12. The Morgan fingerprint density at radius 3 is 2.50 bits per heavy atom. The van der Waals surface area contributed by atoms with Crippen LogP contribution in [-0.2, 0) is 22.4 Å². The first kappa shape index (κ1) is 26.5. The van der Waals surface area contributed by atoms with Gasteiger partial charge in [-0.05, 0) is 54.1 Å². The zero-order valence-electron chi connectivity index (χ0n) is 18.5. The fraction of sp³-hybridized carbons (Fsp3) is 0.125. The number of methoxy groups -OCH3 is 1. The molecule has 0 unspecified atom stereocenters. The lowest BCUT2D eigenvalue weighted by Crippen LogP contribution is -2.32. The van der Waals surface area contributed by atoms with Crippen molar-refractivity contribution in [2.45, 2.75) is 12.8 Å². The van der Waals surface area contributed by atoms with Gasteiger partial charge in [-0.3, -0.25) is 9.59 Å². The van der Waals surface area contributed by atoms with Crippen molar-refractivity contribution in [2.75, 3.05) is 12.4 Å². The van der Waals surface area contributed by atoms with Crippen LogP contribution in [0.15, 0.2) is 65.8 Å². The van der Waals surface area contributed by atoms with E-state index < -0.39 is 29.4 Å². The molecule has 3 aromatic rings. The number of carbonyl (C=O) groups excluding carboxylic acids is 2. The highest BCUT2D eigenvalue weighted by Gasteiger charge is 2.30. The Bertz CT molecular complexity index is 1300. The van der Waals surface area contributed by atoms with Gasteiger partial charge in [0.05, 0.1) is 23.9 Å². The number of carbonyl (C=O) groups is 2. The highest BCUT2D eigenvalue weighted by Crippen LogP contribution is 2.31. The maximum Gasteiger partial charge on any atom is 0.416 e. The van der Waals surface area contributed by atoms with Crippen molar-refractivity contribution in [1.29, 1.82) is 0 Å². The summed E-state index contributed by atoms with van der Waals surface area (Å²) < 4.78 is 62.5.